The molecule has 2 aliphatic heterocycles. The van der Waals surface area contributed by atoms with Crippen molar-refractivity contribution in [3.05, 3.63) is 47.4 Å². The van der Waals surface area contributed by atoms with Gasteiger partial charge in [0, 0.05) is 36.3 Å². The molecule has 1 aromatic rings. The minimum absolute atomic E-state index is 0.00588. The van der Waals surface area contributed by atoms with Crippen LogP contribution in [0.3, 0.4) is 0 Å². The van der Waals surface area contributed by atoms with Gasteiger partial charge in [-0.1, -0.05) is 13.3 Å². The lowest BCUT2D eigenvalue weighted by Crippen LogP contribution is -2.41. The van der Waals surface area contributed by atoms with Crippen LogP contribution in [0.4, 0.5) is 4.39 Å². The van der Waals surface area contributed by atoms with Crippen molar-refractivity contribution in [2.45, 2.75) is 51.1 Å². The van der Waals surface area contributed by atoms with Gasteiger partial charge in [-0.25, -0.2) is 4.39 Å². The SMILES string of the molecule is CCCCN(C(=O)c1ccc(F)cc1)C1=C[C@H]2CC[C@H](C1)N2C. The minimum atomic E-state index is -0.307. The van der Waals surface area contributed by atoms with Crippen molar-refractivity contribution in [2.75, 3.05) is 13.6 Å². The van der Waals surface area contributed by atoms with Gasteiger partial charge in [0.15, 0.2) is 0 Å². The number of nitrogens with zero attached hydrogens (tertiary/aromatic N) is 2. The van der Waals surface area contributed by atoms with Crippen LogP contribution in [0.2, 0.25) is 0 Å². The first kappa shape index (κ1) is 16.2. The number of halogens is 1. The Bertz CT molecular complexity index is 596. The van der Waals surface area contributed by atoms with Crippen LogP contribution >= 0.6 is 0 Å². The lowest BCUT2D eigenvalue weighted by atomic mass is 10.0. The first-order valence-electron chi connectivity index (χ1n) is 8.60. The number of rotatable bonds is 5. The summed E-state index contributed by atoms with van der Waals surface area (Å²) < 4.78 is 13.1. The summed E-state index contributed by atoms with van der Waals surface area (Å²) in [6, 6.07) is 6.89. The van der Waals surface area contributed by atoms with Crippen LogP contribution in [0.1, 0.15) is 49.4 Å². The molecule has 0 spiro atoms. The molecular formula is C19H25FN2O. The molecule has 0 aliphatic carbocycles. The fraction of sp³-hybridized carbons (Fsp3) is 0.526. The van der Waals surface area contributed by atoms with Gasteiger partial charge in [-0.2, -0.15) is 0 Å². The van der Waals surface area contributed by atoms with Crippen molar-refractivity contribution in [1.29, 1.82) is 0 Å². The highest BCUT2D eigenvalue weighted by Gasteiger charge is 2.36. The summed E-state index contributed by atoms with van der Waals surface area (Å²) in [7, 11) is 2.17. The van der Waals surface area contributed by atoms with Crippen molar-refractivity contribution in [2.24, 2.45) is 0 Å². The highest BCUT2D eigenvalue weighted by molar-refractivity contribution is 5.95. The number of unbranched alkanes of at least 4 members (excludes halogenated alkanes) is 1. The molecule has 1 amide bonds. The van der Waals surface area contributed by atoms with Gasteiger partial charge in [0.2, 0.25) is 0 Å². The fourth-order valence-electron chi connectivity index (χ4n) is 3.66. The predicted molar refractivity (Wildman–Crippen MR) is 89.6 cm³/mol. The van der Waals surface area contributed by atoms with E-state index in [1.165, 1.54) is 25.0 Å². The maximum atomic E-state index is 13.1. The van der Waals surface area contributed by atoms with Gasteiger partial charge in [0.25, 0.3) is 5.91 Å². The molecular weight excluding hydrogens is 291 g/mol. The molecule has 3 nitrogen and oxygen atoms in total. The fourth-order valence-corrected chi connectivity index (χ4v) is 3.66. The minimum Gasteiger partial charge on any atom is -0.312 e. The van der Waals surface area contributed by atoms with E-state index in [4.69, 9.17) is 0 Å². The second-order valence-corrected chi connectivity index (χ2v) is 6.64. The smallest absolute Gasteiger partial charge is 0.258 e. The normalized spacial score (nSPS) is 23.7. The lowest BCUT2D eigenvalue weighted by Gasteiger charge is -2.35. The number of amides is 1. The van der Waals surface area contributed by atoms with E-state index < -0.39 is 0 Å². The number of carbonyl (C=O) groups is 1. The van der Waals surface area contributed by atoms with Gasteiger partial charge in [-0.05, 0) is 56.7 Å². The largest absolute Gasteiger partial charge is 0.312 e. The highest BCUT2D eigenvalue weighted by Crippen LogP contribution is 2.35. The first-order valence-corrected chi connectivity index (χ1v) is 8.60. The van der Waals surface area contributed by atoms with Crippen LogP contribution in [-0.2, 0) is 0 Å². The van der Waals surface area contributed by atoms with E-state index in [1.54, 1.807) is 12.1 Å². The average molecular weight is 316 g/mol. The van der Waals surface area contributed by atoms with E-state index in [0.29, 0.717) is 17.6 Å². The number of carbonyl (C=O) groups excluding carboxylic acids is 1. The number of hydrogen-bond acceptors (Lipinski definition) is 2. The Morgan fingerprint density at radius 1 is 1.30 bits per heavy atom. The third kappa shape index (κ3) is 3.32. The molecule has 2 aliphatic rings. The molecule has 0 unspecified atom stereocenters. The van der Waals surface area contributed by atoms with Gasteiger partial charge in [0.1, 0.15) is 5.82 Å². The number of fused-ring (bicyclic) bond motifs is 2. The van der Waals surface area contributed by atoms with Crippen LogP contribution in [0.5, 0.6) is 0 Å². The van der Waals surface area contributed by atoms with Crippen molar-refractivity contribution in [3.63, 3.8) is 0 Å². The van der Waals surface area contributed by atoms with E-state index >= 15 is 0 Å². The maximum Gasteiger partial charge on any atom is 0.258 e. The van der Waals surface area contributed by atoms with Gasteiger partial charge < -0.3 is 4.90 Å². The Hall–Kier alpha value is -1.68. The lowest BCUT2D eigenvalue weighted by molar-refractivity contribution is 0.0784. The van der Waals surface area contributed by atoms with E-state index in [2.05, 4.69) is 24.9 Å². The van der Waals surface area contributed by atoms with Crippen LogP contribution in [0.15, 0.2) is 36.0 Å². The second kappa shape index (κ2) is 6.83. The molecule has 1 aromatic carbocycles. The zero-order valence-electron chi connectivity index (χ0n) is 14.0. The van der Waals surface area contributed by atoms with Crippen molar-refractivity contribution >= 4 is 5.91 Å². The molecule has 4 heteroatoms. The third-order valence-corrected chi connectivity index (χ3v) is 5.14. The van der Waals surface area contributed by atoms with Gasteiger partial charge >= 0.3 is 0 Å². The molecule has 1 fully saturated rings. The number of likely N-dealkylation sites (N-methyl/N-ethyl adjacent to an activating group) is 1. The molecule has 23 heavy (non-hydrogen) atoms. The second-order valence-electron chi connectivity index (χ2n) is 6.64. The third-order valence-electron chi connectivity index (χ3n) is 5.14. The Balaban J connectivity index is 1.84. The summed E-state index contributed by atoms with van der Waals surface area (Å²) in [4.78, 5) is 17.3. The topological polar surface area (TPSA) is 23.6 Å². The summed E-state index contributed by atoms with van der Waals surface area (Å²) in [6.45, 7) is 2.87. The summed E-state index contributed by atoms with van der Waals surface area (Å²) in [5.74, 6) is -0.313. The molecule has 1 saturated heterocycles. The Morgan fingerprint density at radius 3 is 2.70 bits per heavy atom. The summed E-state index contributed by atoms with van der Waals surface area (Å²) in [5, 5.41) is 0. The molecule has 124 valence electrons. The van der Waals surface area contributed by atoms with Crippen LogP contribution in [-0.4, -0.2) is 41.4 Å². The molecule has 2 bridgehead atoms. The van der Waals surface area contributed by atoms with Crippen LogP contribution < -0.4 is 0 Å². The summed E-state index contributed by atoms with van der Waals surface area (Å²) in [5.41, 5.74) is 1.72. The quantitative estimate of drug-likeness (QED) is 0.824. The molecule has 0 radical (unpaired) electrons. The zero-order chi connectivity index (χ0) is 16.4. The summed E-state index contributed by atoms with van der Waals surface area (Å²) in [6.07, 6.45) is 7.61. The van der Waals surface area contributed by atoms with Crippen LogP contribution in [0, 0.1) is 5.82 Å². The monoisotopic (exact) mass is 316 g/mol. The Labute approximate surface area is 137 Å². The number of benzene rings is 1. The number of hydrogen-bond donors (Lipinski definition) is 0. The Kier molecular flexibility index (Phi) is 4.81. The van der Waals surface area contributed by atoms with Gasteiger partial charge in [0.05, 0.1) is 0 Å². The van der Waals surface area contributed by atoms with Gasteiger partial charge in [-0.3, -0.25) is 9.69 Å². The summed E-state index contributed by atoms with van der Waals surface area (Å²) >= 11 is 0. The van der Waals surface area contributed by atoms with Crippen molar-refractivity contribution in [3.8, 4) is 0 Å². The zero-order valence-corrected chi connectivity index (χ0v) is 14.0. The van der Waals surface area contributed by atoms with Gasteiger partial charge in [-0.15, -0.1) is 0 Å². The first-order chi connectivity index (χ1) is 11.1. The molecule has 2 heterocycles. The van der Waals surface area contributed by atoms with E-state index in [9.17, 15) is 9.18 Å². The van der Waals surface area contributed by atoms with Crippen molar-refractivity contribution < 1.29 is 9.18 Å². The highest BCUT2D eigenvalue weighted by atomic mass is 19.1. The average Bonchev–Trinajstić information content (AvgIpc) is 2.76. The standard InChI is InChI=1S/C19H25FN2O/c1-3-4-11-22(19(23)14-5-7-15(20)8-6-14)18-12-16-9-10-17(13-18)21(16)2/h5-8,12,16-17H,3-4,9-11,13H2,1-2H3/t16-,17-/m1/s1. The molecule has 0 saturated carbocycles. The Morgan fingerprint density at radius 2 is 2.04 bits per heavy atom. The van der Waals surface area contributed by atoms with Crippen molar-refractivity contribution in [1.82, 2.24) is 9.80 Å². The van der Waals surface area contributed by atoms with E-state index in [0.717, 1.165) is 31.5 Å². The molecule has 3 rings (SSSR count). The maximum absolute atomic E-state index is 13.1. The molecule has 0 N–H and O–H groups in total. The molecule has 2 atom stereocenters. The van der Waals surface area contributed by atoms with E-state index in [1.807, 2.05) is 4.90 Å². The predicted octanol–water partition coefficient (Wildman–Crippen LogP) is 3.82. The van der Waals surface area contributed by atoms with E-state index in [-0.39, 0.29) is 11.7 Å². The van der Waals surface area contributed by atoms with Crippen LogP contribution in [0.25, 0.3) is 0 Å². The molecule has 0 aromatic heterocycles.